The van der Waals surface area contributed by atoms with Gasteiger partial charge in [-0.15, -0.1) is 11.8 Å². The molecule has 5 rings (SSSR count). The van der Waals surface area contributed by atoms with Crippen molar-refractivity contribution in [2.75, 3.05) is 33.9 Å². The van der Waals surface area contributed by atoms with Gasteiger partial charge in [-0.3, -0.25) is 19.5 Å². The molecular formula is C27H24N2O8S. The number of nitrogens with zero attached hydrogens (tertiary/aromatic N) is 2. The summed E-state index contributed by atoms with van der Waals surface area (Å²) < 4.78 is 29.5. The number of rotatable bonds is 9. The fourth-order valence-corrected chi connectivity index (χ4v) is 5.32. The normalized spacial score (nSPS) is 12.9. The molecule has 0 aliphatic carbocycles. The molecule has 0 amide bonds. The fraction of sp³-hybridized carbons (Fsp3) is 0.222. The van der Waals surface area contributed by atoms with E-state index in [2.05, 4.69) is 0 Å². The minimum Gasteiger partial charge on any atom is -0.493 e. The number of benzene rings is 3. The SMILES string of the molecule is COc1ccc2cc(-c3ccc4c(c3)OCO4)n(C(CSc3ccc([N+](=O)[O-])cc3)OC)c(=O)c2c1OC. The van der Waals surface area contributed by atoms with Gasteiger partial charge < -0.3 is 23.7 Å². The maximum absolute atomic E-state index is 14.1. The van der Waals surface area contributed by atoms with E-state index in [1.165, 1.54) is 45.2 Å². The lowest BCUT2D eigenvalue weighted by Crippen LogP contribution is -2.29. The summed E-state index contributed by atoms with van der Waals surface area (Å²) in [5, 5.41) is 12.0. The number of fused-ring (bicyclic) bond motifs is 2. The number of nitro groups is 1. The second kappa shape index (κ2) is 10.6. The largest absolute Gasteiger partial charge is 0.493 e. The van der Waals surface area contributed by atoms with Gasteiger partial charge in [-0.2, -0.15) is 0 Å². The molecule has 11 heteroatoms. The molecule has 10 nitrogen and oxygen atoms in total. The van der Waals surface area contributed by atoms with Crippen molar-refractivity contribution in [3.8, 4) is 34.3 Å². The van der Waals surface area contributed by atoms with Crippen LogP contribution in [0.25, 0.3) is 22.0 Å². The third-order valence-corrected chi connectivity index (χ3v) is 7.29. The van der Waals surface area contributed by atoms with Crippen molar-refractivity contribution < 1.29 is 28.6 Å². The number of non-ortho nitro benzene ring substituents is 1. The number of ether oxygens (including phenoxy) is 5. The Hall–Kier alpha value is -4.22. The molecule has 1 aromatic heterocycles. The van der Waals surface area contributed by atoms with Gasteiger partial charge in [0.15, 0.2) is 23.0 Å². The van der Waals surface area contributed by atoms with Crippen LogP contribution in [0.1, 0.15) is 6.23 Å². The summed E-state index contributed by atoms with van der Waals surface area (Å²) in [6.45, 7) is 0.132. The summed E-state index contributed by atoms with van der Waals surface area (Å²) >= 11 is 1.42. The van der Waals surface area contributed by atoms with Crippen molar-refractivity contribution in [2.24, 2.45) is 0 Å². The van der Waals surface area contributed by atoms with Crippen molar-refractivity contribution in [2.45, 2.75) is 11.1 Å². The Morgan fingerprint density at radius 1 is 1.00 bits per heavy atom. The number of thioether (sulfide) groups is 1. The molecule has 196 valence electrons. The number of hydrogen-bond donors (Lipinski definition) is 0. The van der Waals surface area contributed by atoms with Gasteiger partial charge in [-0.05, 0) is 47.9 Å². The lowest BCUT2D eigenvalue weighted by Gasteiger charge is -2.24. The molecular weight excluding hydrogens is 512 g/mol. The molecule has 3 aromatic carbocycles. The minimum absolute atomic E-state index is 0.00882. The van der Waals surface area contributed by atoms with Crippen LogP contribution in [0.4, 0.5) is 5.69 Å². The summed E-state index contributed by atoms with van der Waals surface area (Å²) in [4.78, 5) is 25.5. The maximum Gasteiger partial charge on any atom is 0.269 e. The summed E-state index contributed by atoms with van der Waals surface area (Å²) in [5.41, 5.74) is 1.05. The molecule has 0 spiro atoms. The molecule has 38 heavy (non-hydrogen) atoms. The highest BCUT2D eigenvalue weighted by Crippen LogP contribution is 2.39. The van der Waals surface area contributed by atoms with Crippen LogP contribution in [-0.2, 0) is 4.74 Å². The van der Waals surface area contributed by atoms with Crippen LogP contribution in [0.5, 0.6) is 23.0 Å². The average Bonchev–Trinajstić information content (AvgIpc) is 3.41. The van der Waals surface area contributed by atoms with E-state index in [9.17, 15) is 14.9 Å². The Morgan fingerprint density at radius 3 is 2.45 bits per heavy atom. The summed E-state index contributed by atoms with van der Waals surface area (Å²) in [6.07, 6.45) is -0.691. The van der Waals surface area contributed by atoms with Gasteiger partial charge in [0.25, 0.3) is 11.2 Å². The zero-order valence-corrected chi connectivity index (χ0v) is 21.7. The van der Waals surface area contributed by atoms with Gasteiger partial charge in [0.2, 0.25) is 6.79 Å². The van der Waals surface area contributed by atoms with Crippen molar-refractivity contribution in [1.82, 2.24) is 4.57 Å². The Kier molecular flexibility index (Phi) is 7.12. The zero-order valence-electron chi connectivity index (χ0n) is 20.8. The molecule has 1 atom stereocenters. The summed E-state index contributed by atoms with van der Waals surface area (Å²) in [7, 11) is 4.54. The highest BCUT2D eigenvalue weighted by Gasteiger charge is 2.24. The molecule has 2 heterocycles. The van der Waals surface area contributed by atoms with Crippen molar-refractivity contribution in [3.63, 3.8) is 0 Å². The Balaban J connectivity index is 1.64. The number of pyridine rings is 1. The van der Waals surface area contributed by atoms with E-state index in [4.69, 9.17) is 23.7 Å². The van der Waals surface area contributed by atoms with E-state index in [0.717, 1.165) is 10.5 Å². The van der Waals surface area contributed by atoms with E-state index in [0.29, 0.717) is 45.2 Å². The fourth-order valence-electron chi connectivity index (χ4n) is 4.37. The van der Waals surface area contributed by atoms with Crippen molar-refractivity contribution in [3.05, 3.63) is 81.1 Å². The number of hydrogen-bond acceptors (Lipinski definition) is 9. The topological polar surface area (TPSA) is 111 Å². The molecule has 0 saturated carbocycles. The molecule has 0 bridgehead atoms. The van der Waals surface area contributed by atoms with Crippen LogP contribution in [0, 0.1) is 10.1 Å². The zero-order chi connectivity index (χ0) is 26.8. The van der Waals surface area contributed by atoms with Crippen LogP contribution in [0.2, 0.25) is 0 Å². The Labute approximate surface area is 221 Å². The Bertz CT molecular complexity index is 1570. The quantitative estimate of drug-likeness (QED) is 0.161. The second-order valence-electron chi connectivity index (χ2n) is 8.29. The molecule has 0 fully saturated rings. The summed E-state index contributed by atoms with van der Waals surface area (Å²) in [5.74, 6) is 2.34. The molecule has 4 aromatic rings. The lowest BCUT2D eigenvalue weighted by molar-refractivity contribution is -0.384. The Morgan fingerprint density at radius 2 is 1.76 bits per heavy atom. The summed E-state index contributed by atoms with van der Waals surface area (Å²) in [6, 6.07) is 17.2. The number of methoxy groups -OCH3 is 3. The van der Waals surface area contributed by atoms with E-state index in [1.54, 1.807) is 28.8 Å². The van der Waals surface area contributed by atoms with Crippen LogP contribution in [0.15, 0.2) is 70.4 Å². The highest BCUT2D eigenvalue weighted by atomic mass is 32.2. The molecule has 1 aliphatic heterocycles. The van der Waals surface area contributed by atoms with Gasteiger partial charge in [0.05, 0.1) is 30.2 Å². The molecule has 0 N–H and O–H groups in total. The number of aromatic nitrogens is 1. The first kappa shape index (κ1) is 25.4. The van der Waals surface area contributed by atoms with Gasteiger partial charge >= 0.3 is 0 Å². The molecule has 0 radical (unpaired) electrons. The third kappa shape index (κ3) is 4.61. The monoisotopic (exact) mass is 536 g/mol. The van der Waals surface area contributed by atoms with E-state index < -0.39 is 11.2 Å². The van der Waals surface area contributed by atoms with E-state index in [-0.39, 0.29) is 18.0 Å². The second-order valence-corrected chi connectivity index (χ2v) is 9.38. The van der Waals surface area contributed by atoms with Crippen LogP contribution >= 0.6 is 11.8 Å². The predicted molar refractivity (Wildman–Crippen MR) is 143 cm³/mol. The first-order valence-electron chi connectivity index (χ1n) is 11.6. The lowest BCUT2D eigenvalue weighted by atomic mass is 10.0. The first-order chi connectivity index (χ1) is 18.4. The van der Waals surface area contributed by atoms with Gasteiger partial charge in [0, 0.05) is 35.5 Å². The minimum atomic E-state index is -0.691. The molecule has 1 unspecified atom stereocenters. The van der Waals surface area contributed by atoms with E-state index in [1.807, 2.05) is 24.3 Å². The highest BCUT2D eigenvalue weighted by molar-refractivity contribution is 7.99. The van der Waals surface area contributed by atoms with Gasteiger partial charge in [-0.25, -0.2) is 0 Å². The standard InChI is InChI=1S/C27H24N2O8S/c1-33-22-11-5-17-12-20(16-4-10-21-23(13-16)37-15-36-21)28(27(30)25(17)26(22)35-3)24(34-2)14-38-19-8-6-18(7-9-19)29(31)32/h4-13,24H,14-15H2,1-3H3. The molecule has 0 saturated heterocycles. The smallest absolute Gasteiger partial charge is 0.269 e. The van der Waals surface area contributed by atoms with Gasteiger partial charge in [0.1, 0.15) is 6.23 Å². The van der Waals surface area contributed by atoms with E-state index >= 15 is 0 Å². The van der Waals surface area contributed by atoms with Crippen LogP contribution in [-0.4, -0.2) is 43.4 Å². The average molecular weight is 537 g/mol. The number of nitro benzene ring substituents is 1. The van der Waals surface area contributed by atoms with Crippen molar-refractivity contribution >= 4 is 28.2 Å². The first-order valence-corrected chi connectivity index (χ1v) is 12.5. The van der Waals surface area contributed by atoms with Crippen LogP contribution in [0.3, 0.4) is 0 Å². The molecule has 1 aliphatic rings. The maximum atomic E-state index is 14.1. The van der Waals surface area contributed by atoms with Gasteiger partial charge in [-0.1, -0.05) is 6.07 Å². The predicted octanol–water partition coefficient (Wildman–Crippen LogP) is 5.26. The van der Waals surface area contributed by atoms with Crippen molar-refractivity contribution in [1.29, 1.82) is 0 Å². The van der Waals surface area contributed by atoms with Crippen LogP contribution < -0.4 is 24.5 Å². The third-order valence-electron chi connectivity index (χ3n) is 6.23.